The van der Waals surface area contributed by atoms with Crippen LogP contribution in [0.15, 0.2) is 23.1 Å². The maximum atomic E-state index is 13.2. The third-order valence-electron chi connectivity index (χ3n) is 2.97. The number of sulfonamides is 1. The molecule has 0 heterocycles. The summed E-state index contributed by atoms with van der Waals surface area (Å²) in [5.74, 6) is -0.552. The highest BCUT2D eigenvalue weighted by atomic mass is 79.9. The smallest absolute Gasteiger partial charge is 0.207 e. The van der Waals surface area contributed by atoms with Gasteiger partial charge in [-0.2, -0.15) is 4.31 Å². The zero-order valence-corrected chi connectivity index (χ0v) is 13.3. The lowest BCUT2D eigenvalue weighted by Gasteiger charge is -2.33. The van der Waals surface area contributed by atoms with Crippen molar-refractivity contribution in [1.82, 2.24) is 4.31 Å². The third kappa shape index (κ3) is 2.92. The Morgan fingerprint density at radius 1 is 1.39 bits per heavy atom. The van der Waals surface area contributed by atoms with Gasteiger partial charge in [0.1, 0.15) is 5.82 Å². The van der Waals surface area contributed by atoms with E-state index < -0.39 is 21.4 Å². The molecule has 0 spiro atoms. The van der Waals surface area contributed by atoms with Gasteiger partial charge in [-0.3, -0.25) is 0 Å². The van der Waals surface area contributed by atoms with E-state index in [4.69, 9.17) is 0 Å². The van der Waals surface area contributed by atoms with Crippen LogP contribution in [-0.2, 0) is 10.0 Å². The Labute approximate surface area is 116 Å². The molecule has 1 aromatic rings. The number of halogens is 2. The molecule has 0 amide bonds. The summed E-state index contributed by atoms with van der Waals surface area (Å²) in [5, 5.41) is 0.490. The maximum Gasteiger partial charge on any atom is 0.243 e. The maximum absolute atomic E-state index is 13.2. The summed E-state index contributed by atoms with van der Waals surface area (Å²) in [7, 11) is -2.20. The number of rotatable bonds is 4. The van der Waals surface area contributed by atoms with Crippen molar-refractivity contribution < 1.29 is 12.8 Å². The molecule has 0 aromatic heterocycles. The van der Waals surface area contributed by atoms with Crippen LogP contribution in [0.25, 0.3) is 0 Å². The van der Waals surface area contributed by atoms with Gasteiger partial charge in [-0.1, -0.05) is 22.0 Å². The van der Waals surface area contributed by atoms with Crippen molar-refractivity contribution in [2.45, 2.75) is 31.2 Å². The van der Waals surface area contributed by atoms with Crippen LogP contribution in [0.5, 0.6) is 0 Å². The minimum absolute atomic E-state index is 0.0130. The number of hydrogen-bond donors (Lipinski definition) is 0. The number of hydrogen-bond acceptors (Lipinski definition) is 2. The topological polar surface area (TPSA) is 37.4 Å². The van der Waals surface area contributed by atoms with Gasteiger partial charge in [0.2, 0.25) is 10.0 Å². The van der Waals surface area contributed by atoms with E-state index in [0.29, 0.717) is 10.9 Å². The lowest BCUT2D eigenvalue weighted by atomic mass is 10.1. The number of aryl methyl sites for hydroxylation is 1. The molecule has 0 N–H and O–H groups in total. The quantitative estimate of drug-likeness (QED) is 0.792. The summed E-state index contributed by atoms with van der Waals surface area (Å²) >= 11 is 3.29. The first-order valence-corrected chi connectivity index (χ1v) is 8.00. The van der Waals surface area contributed by atoms with Crippen molar-refractivity contribution in [1.29, 1.82) is 0 Å². The zero-order valence-electron chi connectivity index (χ0n) is 10.9. The number of alkyl halides is 1. The summed E-state index contributed by atoms with van der Waals surface area (Å²) in [6.07, 6.45) is 0. The highest BCUT2D eigenvalue weighted by molar-refractivity contribution is 9.09. The van der Waals surface area contributed by atoms with E-state index in [1.807, 2.05) is 0 Å². The summed E-state index contributed by atoms with van der Waals surface area (Å²) in [5.41, 5.74) is -0.0500. The average molecular weight is 338 g/mol. The summed E-state index contributed by atoms with van der Waals surface area (Å²) in [6, 6.07) is 3.78. The molecule has 102 valence electrons. The lowest BCUT2D eigenvalue weighted by Crippen LogP contribution is -2.46. The van der Waals surface area contributed by atoms with Crippen LogP contribution in [0.2, 0.25) is 0 Å². The van der Waals surface area contributed by atoms with E-state index in [1.54, 1.807) is 20.8 Å². The Morgan fingerprint density at radius 2 is 1.94 bits per heavy atom. The van der Waals surface area contributed by atoms with Crippen LogP contribution in [0.3, 0.4) is 0 Å². The first kappa shape index (κ1) is 15.6. The average Bonchev–Trinajstić information content (AvgIpc) is 2.31. The molecule has 18 heavy (non-hydrogen) atoms. The fourth-order valence-electron chi connectivity index (χ4n) is 1.41. The second-order valence-corrected chi connectivity index (χ2v) is 7.33. The normalized spacial score (nSPS) is 13.1. The van der Waals surface area contributed by atoms with Gasteiger partial charge in [-0.25, -0.2) is 12.8 Å². The van der Waals surface area contributed by atoms with Gasteiger partial charge >= 0.3 is 0 Å². The molecule has 0 atom stereocenters. The van der Waals surface area contributed by atoms with Crippen LogP contribution >= 0.6 is 15.9 Å². The molecule has 1 aromatic carbocycles. The van der Waals surface area contributed by atoms with Crippen molar-refractivity contribution in [2.24, 2.45) is 0 Å². The predicted molar refractivity (Wildman–Crippen MR) is 74.0 cm³/mol. The fraction of sp³-hybridized carbons (Fsp3) is 0.500. The van der Waals surface area contributed by atoms with Crippen LogP contribution in [0.1, 0.15) is 19.4 Å². The highest BCUT2D eigenvalue weighted by Gasteiger charge is 2.34. The Balaban J connectivity index is 3.34. The number of benzene rings is 1. The van der Waals surface area contributed by atoms with E-state index in [-0.39, 0.29) is 4.90 Å². The summed E-state index contributed by atoms with van der Waals surface area (Å²) < 4.78 is 39.4. The molecule has 0 bridgehead atoms. The lowest BCUT2D eigenvalue weighted by molar-refractivity contribution is 0.299. The molecular weight excluding hydrogens is 321 g/mol. The zero-order chi connectivity index (χ0) is 14.1. The molecule has 0 aliphatic rings. The molecule has 0 aliphatic carbocycles. The Morgan fingerprint density at radius 3 is 2.44 bits per heavy atom. The van der Waals surface area contributed by atoms with Crippen LogP contribution in [-0.4, -0.2) is 30.6 Å². The summed E-state index contributed by atoms with van der Waals surface area (Å²) in [6.45, 7) is 5.25. The SMILES string of the molecule is Cc1ccc(F)cc1S(=O)(=O)N(C)C(C)(C)CBr. The molecule has 1 rings (SSSR count). The van der Waals surface area contributed by atoms with Crippen molar-refractivity contribution in [3.05, 3.63) is 29.6 Å². The molecule has 0 fully saturated rings. The van der Waals surface area contributed by atoms with E-state index in [1.165, 1.54) is 23.5 Å². The first-order chi connectivity index (χ1) is 8.13. The Kier molecular flexibility index (Phi) is 4.56. The molecular formula is C12H17BrFNO2S. The van der Waals surface area contributed by atoms with Gasteiger partial charge in [-0.15, -0.1) is 0 Å². The Bertz CT molecular complexity index is 543. The van der Waals surface area contributed by atoms with Crippen LogP contribution < -0.4 is 0 Å². The van der Waals surface area contributed by atoms with Crippen molar-refractivity contribution in [2.75, 3.05) is 12.4 Å². The summed E-state index contributed by atoms with van der Waals surface area (Å²) in [4.78, 5) is 0.0130. The first-order valence-electron chi connectivity index (χ1n) is 5.44. The Hall–Kier alpha value is -0.460. The minimum atomic E-state index is -3.70. The van der Waals surface area contributed by atoms with Crippen molar-refractivity contribution in [3.63, 3.8) is 0 Å². The number of nitrogens with zero attached hydrogens (tertiary/aromatic N) is 1. The van der Waals surface area contributed by atoms with Crippen molar-refractivity contribution in [3.8, 4) is 0 Å². The van der Waals surface area contributed by atoms with Gasteiger partial charge in [0.25, 0.3) is 0 Å². The van der Waals surface area contributed by atoms with Crippen molar-refractivity contribution >= 4 is 26.0 Å². The van der Waals surface area contributed by atoms with Gasteiger partial charge < -0.3 is 0 Å². The van der Waals surface area contributed by atoms with Gasteiger partial charge in [0.05, 0.1) is 4.90 Å². The molecule has 0 saturated heterocycles. The van der Waals surface area contributed by atoms with E-state index in [2.05, 4.69) is 15.9 Å². The second-order valence-electron chi connectivity index (χ2n) is 4.83. The van der Waals surface area contributed by atoms with Gasteiger partial charge in [-0.05, 0) is 38.5 Å². The molecule has 3 nitrogen and oxygen atoms in total. The third-order valence-corrected chi connectivity index (χ3v) is 6.55. The molecule has 0 unspecified atom stereocenters. The van der Waals surface area contributed by atoms with E-state index in [9.17, 15) is 12.8 Å². The van der Waals surface area contributed by atoms with E-state index in [0.717, 1.165) is 6.07 Å². The minimum Gasteiger partial charge on any atom is -0.207 e. The molecule has 0 saturated carbocycles. The van der Waals surface area contributed by atoms with Crippen LogP contribution in [0, 0.1) is 12.7 Å². The highest BCUT2D eigenvalue weighted by Crippen LogP contribution is 2.26. The van der Waals surface area contributed by atoms with Gasteiger partial charge in [0, 0.05) is 17.9 Å². The van der Waals surface area contributed by atoms with E-state index >= 15 is 0 Å². The predicted octanol–water partition coefficient (Wildman–Crippen LogP) is 2.93. The molecule has 0 aliphatic heterocycles. The van der Waals surface area contributed by atoms with Gasteiger partial charge in [0.15, 0.2) is 0 Å². The molecule has 0 radical (unpaired) electrons. The fourth-order valence-corrected chi connectivity index (χ4v) is 3.70. The van der Waals surface area contributed by atoms with Crippen LogP contribution in [0.4, 0.5) is 4.39 Å². The largest absolute Gasteiger partial charge is 0.243 e. The second kappa shape index (κ2) is 5.27. The standard InChI is InChI=1S/C12H17BrFNO2S/c1-9-5-6-10(14)7-11(9)18(16,17)15(4)12(2,3)8-13/h5-7H,8H2,1-4H3. The molecule has 6 heteroatoms. The monoisotopic (exact) mass is 337 g/mol.